The second-order valence-electron chi connectivity index (χ2n) is 8.77. The highest BCUT2D eigenvalue weighted by molar-refractivity contribution is 5.77. The molecule has 1 aromatic carbocycles. The number of piperidine rings is 1. The van der Waals surface area contributed by atoms with E-state index >= 15 is 0 Å². The fraction of sp³-hybridized carbons (Fsp3) is 0.478. The summed E-state index contributed by atoms with van der Waals surface area (Å²) in [7, 11) is 0. The van der Waals surface area contributed by atoms with E-state index < -0.39 is 12.0 Å². The summed E-state index contributed by atoms with van der Waals surface area (Å²) in [5.41, 5.74) is 2.75. The lowest BCUT2D eigenvalue weighted by molar-refractivity contribution is 0.0185. The summed E-state index contributed by atoms with van der Waals surface area (Å²) in [6.07, 6.45) is 0.712. The standard InChI is InChI=1S/C23H29F2N3O2/c1-15(2)19-14-28(26-20(19)16-6-8-17(9-7-16)21(24)25)18-10-12-27(13-11-18)22(29)30-23(3,4)5/h6-9,14,18,21H,1,10-13H2,2-5H3. The number of rotatable bonds is 4. The number of carbonyl (C=O) groups is 1. The topological polar surface area (TPSA) is 47.4 Å². The highest BCUT2D eigenvalue weighted by Crippen LogP contribution is 2.32. The Morgan fingerprint density at radius 3 is 2.30 bits per heavy atom. The van der Waals surface area contributed by atoms with E-state index in [1.807, 2.05) is 38.6 Å². The van der Waals surface area contributed by atoms with Gasteiger partial charge in [-0.25, -0.2) is 13.6 Å². The molecule has 2 heterocycles. The van der Waals surface area contributed by atoms with Crippen LogP contribution in [0.5, 0.6) is 0 Å². The molecule has 0 saturated carbocycles. The molecule has 0 N–H and O–H groups in total. The normalized spacial score (nSPS) is 15.5. The molecule has 0 radical (unpaired) electrons. The van der Waals surface area contributed by atoms with Crippen LogP contribution in [0, 0.1) is 0 Å². The number of halogens is 2. The van der Waals surface area contributed by atoms with E-state index in [1.54, 1.807) is 17.0 Å². The number of carbonyl (C=O) groups excluding carboxylic acids is 1. The lowest BCUT2D eigenvalue weighted by atomic mass is 10.0. The Balaban J connectivity index is 1.76. The summed E-state index contributed by atoms with van der Waals surface area (Å²) in [5.74, 6) is 0. The van der Waals surface area contributed by atoms with Gasteiger partial charge in [-0.15, -0.1) is 0 Å². The first-order valence-corrected chi connectivity index (χ1v) is 10.2. The lowest BCUT2D eigenvalue weighted by Crippen LogP contribution is -2.42. The first-order chi connectivity index (χ1) is 14.0. The minimum atomic E-state index is -2.49. The van der Waals surface area contributed by atoms with Crippen molar-refractivity contribution in [2.45, 2.75) is 58.6 Å². The predicted octanol–water partition coefficient (Wildman–Crippen LogP) is 6.09. The van der Waals surface area contributed by atoms with Gasteiger partial charge < -0.3 is 9.64 Å². The third kappa shape index (κ3) is 5.07. The van der Waals surface area contributed by atoms with E-state index in [2.05, 4.69) is 6.58 Å². The Morgan fingerprint density at radius 2 is 1.80 bits per heavy atom. The summed E-state index contributed by atoms with van der Waals surface area (Å²) in [4.78, 5) is 14.0. The SMILES string of the molecule is C=C(C)c1cn(C2CCN(C(=O)OC(C)(C)C)CC2)nc1-c1ccc(C(F)F)cc1. The monoisotopic (exact) mass is 417 g/mol. The van der Waals surface area contributed by atoms with Crippen LogP contribution >= 0.6 is 0 Å². The number of benzene rings is 1. The second kappa shape index (κ2) is 8.58. The fourth-order valence-electron chi connectivity index (χ4n) is 3.53. The van der Waals surface area contributed by atoms with Crippen LogP contribution in [0.15, 0.2) is 37.0 Å². The van der Waals surface area contributed by atoms with Crippen molar-refractivity contribution >= 4 is 11.7 Å². The van der Waals surface area contributed by atoms with Gasteiger partial charge in [-0.1, -0.05) is 30.8 Å². The van der Waals surface area contributed by atoms with Crippen molar-refractivity contribution in [2.75, 3.05) is 13.1 Å². The zero-order valence-corrected chi connectivity index (χ0v) is 18.0. The van der Waals surface area contributed by atoms with Gasteiger partial charge in [0, 0.05) is 36.0 Å². The molecule has 7 heteroatoms. The Morgan fingerprint density at radius 1 is 1.20 bits per heavy atom. The summed E-state index contributed by atoms with van der Waals surface area (Å²) in [6, 6.07) is 6.36. The van der Waals surface area contributed by atoms with Gasteiger partial charge in [-0.2, -0.15) is 5.10 Å². The zero-order valence-electron chi connectivity index (χ0n) is 18.0. The molecule has 1 amide bonds. The van der Waals surface area contributed by atoms with Gasteiger partial charge in [-0.3, -0.25) is 4.68 Å². The van der Waals surface area contributed by atoms with Gasteiger partial charge in [-0.05, 0) is 46.1 Å². The number of alkyl halides is 2. The molecule has 1 aromatic heterocycles. The summed E-state index contributed by atoms with van der Waals surface area (Å²) < 4.78 is 33.1. The van der Waals surface area contributed by atoms with Gasteiger partial charge in [0.2, 0.25) is 0 Å². The number of allylic oxidation sites excluding steroid dienone is 1. The van der Waals surface area contributed by atoms with Crippen molar-refractivity contribution in [3.8, 4) is 11.3 Å². The number of aromatic nitrogens is 2. The van der Waals surface area contributed by atoms with Crippen LogP contribution in [0.25, 0.3) is 16.8 Å². The molecule has 0 bridgehead atoms. The van der Waals surface area contributed by atoms with Crippen LogP contribution in [-0.4, -0.2) is 39.5 Å². The van der Waals surface area contributed by atoms with Crippen molar-refractivity contribution in [1.29, 1.82) is 0 Å². The van der Waals surface area contributed by atoms with E-state index in [1.165, 1.54) is 12.1 Å². The lowest BCUT2D eigenvalue weighted by Gasteiger charge is -2.33. The molecule has 162 valence electrons. The molecular formula is C23H29F2N3O2. The van der Waals surface area contributed by atoms with E-state index in [0.717, 1.165) is 35.2 Å². The third-order valence-electron chi connectivity index (χ3n) is 5.12. The minimum absolute atomic E-state index is 0.00966. The largest absolute Gasteiger partial charge is 0.444 e. The molecule has 5 nitrogen and oxygen atoms in total. The number of amides is 1. The molecule has 1 saturated heterocycles. The molecule has 1 aliphatic rings. The summed E-state index contributed by atoms with van der Waals surface area (Å²) >= 11 is 0. The predicted molar refractivity (Wildman–Crippen MR) is 113 cm³/mol. The minimum Gasteiger partial charge on any atom is -0.444 e. The van der Waals surface area contributed by atoms with Crippen molar-refractivity contribution in [3.63, 3.8) is 0 Å². The van der Waals surface area contributed by atoms with Crippen LogP contribution in [0.4, 0.5) is 13.6 Å². The molecule has 0 unspecified atom stereocenters. The molecule has 0 spiro atoms. The average Bonchev–Trinajstić information content (AvgIpc) is 3.12. The van der Waals surface area contributed by atoms with Crippen molar-refractivity contribution in [2.24, 2.45) is 0 Å². The average molecular weight is 418 g/mol. The van der Waals surface area contributed by atoms with Gasteiger partial charge >= 0.3 is 6.09 Å². The van der Waals surface area contributed by atoms with Crippen LogP contribution in [0.1, 0.15) is 64.1 Å². The first-order valence-electron chi connectivity index (χ1n) is 10.2. The Hall–Kier alpha value is -2.70. The highest BCUT2D eigenvalue weighted by Gasteiger charge is 2.28. The third-order valence-corrected chi connectivity index (χ3v) is 5.12. The van der Waals surface area contributed by atoms with Crippen molar-refractivity contribution < 1.29 is 18.3 Å². The maximum absolute atomic E-state index is 12.9. The van der Waals surface area contributed by atoms with E-state index in [4.69, 9.17) is 9.84 Å². The molecule has 30 heavy (non-hydrogen) atoms. The molecule has 3 rings (SSSR count). The zero-order chi connectivity index (χ0) is 22.1. The summed E-state index contributed by atoms with van der Waals surface area (Å²) in [6.45, 7) is 12.7. The summed E-state index contributed by atoms with van der Waals surface area (Å²) in [5, 5.41) is 4.76. The molecule has 2 aromatic rings. The van der Waals surface area contributed by atoms with Gasteiger partial charge in [0.05, 0.1) is 11.7 Å². The number of nitrogens with zero attached hydrogens (tertiary/aromatic N) is 3. The van der Waals surface area contributed by atoms with E-state index in [9.17, 15) is 13.6 Å². The molecule has 1 fully saturated rings. The van der Waals surface area contributed by atoms with Crippen LogP contribution < -0.4 is 0 Å². The highest BCUT2D eigenvalue weighted by atomic mass is 19.3. The number of ether oxygens (including phenoxy) is 1. The molecule has 0 atom stereocenters. The first kappa shape index (κ1) is 22.0. The maximum Gasteiger partial charge on any atom is 0.410 e. The maximum atomic E-state index is 12.9. The number of hydrogen-bond acceptors (Lipinski definition) is 3. The molecular weight excluding hydrogens is 388 g/mol. The smallest absolute Gasteiger partial charge is 0.410 e. The van der Waals surface area contributed by atoms with Crippen LogP contribution in [0.2, 0.25) is 0 Å². The fourth-order valence-corrected chi connectivity index (χ4v) is 3.53. The van der Waals surface area contributed by atoms with Crippen molar-refractivity contribution in [1.82, 2.24) is 14.7 Å². The van der Waals surface area contributed by atoms with Crippen LogP contribution in [0.3, 0.4) is 0 Å². The molecule has 0 aliphatic carbocycles. The van der Waals surface area contributed by atoms with Gasteiger partial charge in [0.1, 0.15) is 5.60 Å². The quantitative estimate of drug-likeness (QED) is 0.604. The van der Waals surface area contributed by atoms with Crippen molar-refractivity contribution in [3.05, 3.63) is 48.2 Å². The Bertz CT molecular complexity index is 906. The van der Waals surface area contributed by atoms with Crippen LogP contribution in [-0.2, 0) is 4.74 Å². The van der Waals surface area contributed by atoms with E-state index in [0.29, 0.717) is 13.1 Å². The Labute approximate surface area is 176 Å². The second-order valence-corrected chi connectivity index (χ2v) is 8.77. The number of hydrogen-bond donors (Lipinski definition) is 0. The Kier molecular flexibility index (Phi) is 6.29. The number of likely N-dealkylation sites (tertiary alicyclic amines) is 1. The molecule has 1 aliphatic heterocycles. The van der Waals surface area contributed by atoms with Gasteiger partial charge in [0.25, 0.3) is 6.43 Å². The van der Waals surface area contributed by atoms with E-state index in [-0.39, 0.29) is 17.7 Å². The van der Waals surface area contributed by atoms with Gasteiger partial charge in [0.15, 0.2) is 0 Å².